The van der Waals surface area contributed by atoms with Gasteiger partial charge in [-0.05, 0) is 30.7 Å². The lowest BCUT2D eigenvalue weighted by Crippen LogP contribution is -2.25. The first-order valence-corrected chi connectivity index (χ1v) is 6.80. The fraction of sp³-hybridized carbons (Fsp3) is 0.176. The van der Waals surface area contributed by atoms with E-state index in [1.807, 2.05) is 25.1 Å². The summed E-state index contributed by atoms with van der Waals surface area (Å²) in [7, 11) is 0. The Morgan fingerprint density at radius 2 is 1.83 bits per heavy atom. The summed E-state index contributed by atoms with van der Waals surface area (Å²) in [5.74, 6) is 0. The monoisotopic (exact) mass is 315 g/mol. The molecule has 1 aromatic rings. The summed E-state index contributed by atoms with van der Waals surface area (Å²) >= 11 is 0. The predicted octanol–water partition coefficient (Wildman–Crippen LogP) is 4.33. The smallest absolute Gasteiger partial charge is 0.341 e. The van der Waals surface area contributed by atoms with Crippen molar-refractivity contribution >= 4 is 11.8 Å². The van der Waals surface area contributed by atoms with E-state index >= 15 is 0 Å². The van der Waals surface area contributed by atoms with Crippen LogP contribution in [-0.4, -0.2) is 12.7 Å². The number of alkyl halides is 3. The second kappa shape index (κ2) is 6.41. The fourth-order valence-electron chi connectivity index (χ4n) is 2.35. The SMILES string of the molecule is CCN1/C(=C/C(=C(C#N)C#N)C(F)(F)F)C=Cc2ccccc21. The minimum atomic E-state index is -4.78. The molecule has 0 saturated carbocycles. The molecule has 2 rings (SSSR count). The van der Waals surface area contributed by atoms with Crippen LogP contribution in [-0.2, 0) is 0 Å². The zero-order valence-electron chi connectivity index (χ0n) is 12.2. The van der Waals surface area contributed by atoms with Crippen molar-refractivity contribution in [3.05, 3.63) is 58.8 Å². The van der Waals surface area contributed by atoms with E-state index in [4.69, 9.17) is 10.5 Å². The van der Waals surface area contributed by atoms with Gasteiger partial charge in [0.05, 0.1) is 5.57 Å². The molecule has 0 atom stereocenters. The molecule has 116 valence electrons. The van der Waals surface area contributed by atoms with Gasteiger partial charge in [-0.1, -0.05) is 24.3 Å². The van der Waals surface area contributed by atoms with Crippen molar-refractivity contribution in [3.63, 3.8) is 0 Å². The minimum Gasteiger partial charge on any atom is -0.341 e. The summed E-state index contributed by atoms with van der Waals surface area (Å²) in [6.45, 7) is 2.27. The number of hydrogen-bond donors (Lipinski definition) is 0. The van der Waals surface area contributed by atoms with Gasteiger partial charge in [0.15, 0.2) is 0 Å². The number of anilines is 1. The Labute approximate surface area is 131 Å². The first-order chi connectivity index (χ1) is 10.9. The topological polar surface area (TPSA) is 50.8 Å². The summed E-state index contributed by atoms with van der Waals surface area (Å²) in [5.41, 5.74) is -0.236. The van der Waals surface area contributed by atoms with Crippen molar-refractivity contribution < 1.29 is 13.2 Å². The van der Waals surface area contributed by atoms with Gasteiger partial charge in [0, 0.05) is 17.9 Å². The molecule has 0 N–H and O–H groups in total. The Morgan fingerprint density at radius 1 is 1.17 bits per heavy atom. The van der Waals surface area contributed by atoms with Crippen LogP contribution in [0.15, 0.2) is 53.3 Å². The zero-order chi connectivity index (χ0) is 17.0. The molecule has 0 saturated heterocycles. The standard InChI is InChI=1S/C17H12F3N3/c1-2-23-14(8-7-12-5-3-4-6-16(12)23)9-15(17(18,19)20)13(10-21)11-22/h3-9H,2H2,1H3/b14-9+. The van der Waals surface area contributed by atoms with Crippen LogP contribution in [0.3, 0.4) is 0 Å². The third kappa shape index (κ3) is 3.27. The third-order valence-electron chi connectivity index (χ3n) is 3.38. The molecule has 0 bridgehead atoms. The van der Waals surface area contributed by atoms with Crippen LogP contribution in [0.1, 0.15) is 12.5 Å². The van der Waals surface area contributed by atoms with Crippen molar-refractivity contribution in [2.75, 3.05) is 11.4 Å². The Hall–Kier alpha value is -2.99. The number of hydrogen-bond acceptors (Lipinski definition) is 3. The predicted molar refractivity (Wildman–Crippen MR) is 80.9 cm³/mol. The van der Waals surface area contributed by atoms with Crippen LogP contribution in [0.4, 0.5) is 18.9 Å². The van der Waals surface area contributed by atoms with Crippen molar-refractivity contribution in [1.82, 2.24) is 0 Å². The average molecular weight is 315 g/mol. The van der Waals surface area contributed by atoms with Gasteiger partial charge < -0.3 is 4.90 Å². The van der Waals surface area contributed by atoms with Gasteiger partial charge in [-0.15, -0.1) is 0 Å². The van der Waals surface area contributed by atoms with Crippen molar-refractivity contribution in [3.8, 4) is 12.1 Å². The van der Waals surface area contributed by atoms with Gasteiger partial charge in [0.25, 0.3) is 0 Å². The summed E-state index contributed by atoms with van der Waals surface area (Å²) in [5, 5.41) is 17.6. The maximum absolute atomic E-state index is 13.2. The molecule has 1 aromatic carbocycles. The van der Waals surface area contributed by atoms with E-state index in [1.165, 1.54) is 12.1 Å². The van der Waals surface area contributed by atoms with Crippen molar-refractivity contribution in [1.29, 1.82) is 10.5 Å². The average Bonchev–Trinajstić information content (AvgIpc) is 2.53. The summed E-state index contributed by atoms with van der Waals surface area (Å²) in [4.78, 5) is 1.70. The molecule has 6 heteroatoms. The Bertz CT molecular complexity index is 771. The number of nitrogens with zero attached hydrogens (tertiary/aromatic N) is 3. The van der Waals surface area contributed by atoms with Gasteiger partial charge in [0.2, 0.25) is 0 Å². The number of para-hydroxylation sites is 1. The van der Waals surface area contributed by atoms with Crippen LogP contribution in [0, 0.1) is 22.7 Å². The van der Waals surface area contributed by atoms with Gasteiger partial charge in [-0.2, -0.15) is 23.7 Å². The number of fused-ring (bicyclic) bond motifs is 1. The van der Waals surface area contributed by atoms with E-state index in [-0.39, 0.29) is 5.70 Å². The quantitative estimate of drug-likeness (QED) is 0.763. The molecule has 0 amide bonds. The minimum absolute atomic E-state index is 0.279. The van der Waals surface area contributed by atoms with Crippen LogP contribution < -0.4 is 4.90 Å². The van der Waals surface area contributed by atoms with Crippen LogP contribution in [0.5, 0.6) is 0 Å². The number of nitriles is 2. The fourth-order valence-corrected chi connectivity index (χ4v) is 2.35. The highest BCUT2D eigenvalue weighted by atomic mass is 19.4. The Balaban J connectivity index is 2.61. The van der Waals surface area contributed by atoms with Crippen LogP contribution in [0.2, 0.25) is 0 Å². The van der Waals surface area contributed by atoms with Crippen LogP contribution in [0.25, 0.3) is 6.08 Å². The van der Waals surface area contributed by atoms with Gasteiger partial charge in [0.1, 0.15) is 17.7 Å². The van der Waals surface area contributed by atoms with E-state index in [0.29, 0.717) is 6.54 Å². The number of benzene rings is 1. The number of likely N-dealkylation sites (N-methyl/N-ethyl adjacent to an activating group) is 1. The van der Waals surface area contributed by atoms with Gasteiger partial charge in [-0.25, -0.2) is 0 Å². The highest BCUT2D eigenvalue weighted by Gasteiger charge is 2.36. The Morgan fingerprint density at radius 3 is 2.39 bits per heavy atom. The maximum Gasteiger partial charge on any atom is 0.418 e. The first kappa shape index (κ1) is 16.4. The third-order valence-corrected chi connectivity index (χ3v) is 3.38. The molecule has 0 spiro atoms. The highest BCUT2D eigenvalue weighted by molar-refractivity contribution is 5.77. The highest BCUT2D eigenvalue weighted by Crippen LogP contribution is 2.35. The van der Waals surface area contributed by atoms with E-state index in [2.05, 4.69) is 0 Å². The molecule has 0 fully saturated rings. The number of halogens is 3. The molecule has 0 aromatic heterocycles. The lowest BCUT2D eigenvalue weighted by Gasteiger charge is -2.29. The molecule has 1 heterocycles. The molecule has 23 heavy (non-hydrogen) atoms. The van der Waals surface area contributed by atoms with Gasteiger partial charge in [-0.3, -0.25) is 0 Å². The Kier molecular flexibility index (Phi) is 4.57. The molecular weight excluding hydrogens is 303 g/mol. The molecular formula is C17H12F3N3. The molecule has 0 aliphatic carbocycles. The number of rotatable bonds is 2. The summed E-state index contributed by atoms with van der Waals surface area (Å²) < 4.78 is 39.5. The molecule has 0 unspecified atom stereocenters. The molecule has 1 aliphatic rings. The summed E-state index contributed by atoms with van der Waals surface area (Å²) in [6, 6.07) is 9.94. The van der Waals surface area contributed by atoms with E-state index < -0.39 is 17.3 Å². The first-order valence-electron chi connectivity index (χ1n) is 6.80. The zero-order valence-corrected chi connectivity index (χ0v) is 12.2. The van der Waals surface area contributed by atoms with Crippen molar-refractivity contribution in [2.24, 2.45) is 0 Å². The van der Waals surface area contributed by atoms with E-state index in [1.54, 1.807) is 23.1 Å². The van der Waals surface area contributed by atoms with E-state index in [0.717, 1.165) is 17.3 Å². The van der Waals surface area contributed by atoms with E-state index in [9.17, 15) is 13.2 Å². The van der Waals surface area contributed by atoms with Crippen molar-refractivity contribution in [2.45, 2.75) is 13.1 Å². The lowest BCUT2D eigenvalue weighted by atomic mass is 10.0. The van der Waals surface area contributed by atoms with Gasteiger partial charge >= 0.3 is 6.18 Å². The second-order valence-electron chi connectivity index (χ2n) is 4.72. The lowest BCUT2D eigenvalue weighted by molar-refractivity contribution is -0.0885. The molecule has 3 nitrogen and oxygen atoms in total. The second-order valence-corrected chi connectivity index (χ2v) is 4.72. The molecule has 0 radical (unpaired) electrons. The molecule has 1 aliphatic heterocycles. The van der Waals surface area contributed by atoms with Crippen LogP contribution >= 0.6 is 0 Å². The maximum atomic E-state index is 13.2. The summed E-state index contributed by atoms with van der Waals surface area (Å²) in [6.07, 6.45) is -0.681. The normalized spacial score (nSPS) is 14.9. The largest absolute Gasteiger partial charge is 0.418 e. The number of allylic oxidation sites excluding steroid dienone is 4.